The van der Waals surface area contributed by atoms with Crippen LogP contribution in [-0.4, -0.2) is 133 Å². The van der Waals surface area contributed by atoms with Crippen molar-refractivity contribution in [3.63, 3.8) is 0 Å². The largest absolute Gasteiger partial charge is 0.481 e. The number of carbonyl (C=O) groups excluding carboxylic acids is 4. The third-order valence-corrected chi connectivity index (χ3v) is 20.0. The fraction of sp³-hybridized carbons (Fsp3) is 0.492. The van der Waals surface area contributed by atoms with E-state index in [0.29, 0.717) is 96.2 Å². The number of rotatable bonds is 26. The van der Waals surface area contributed by atoms with Gasteiger partial charge in [0.25, 0.3) is 16.0 Å². The number of anilines is 3. The third kappa shape index (κ3) is 15.0. The summed E-state index contributed by atoms with van der Waals surface area (Å²) in [6, 6.07) is 20.2. The minimum absolute atomic E-state index is 0.0334. The molecule has 4 saturated carbocycles. The molecule has 25 heteroatoms. The minimum atomic E-state index is -4.51. The van der Waals surface area contributed by atoms with Crippen molar-refractivity contribution >= 4 is 84.1 Å². The maximum absolute atomic E-state index is 14.0. The van der Waals surface area contributed by atoms with Crippen molar-refractivity contribution in [2.75, 3.05) is 47.5 Å². The average molecular weight is 1270 g/mol. The number of nitrogens with one attached hydrogen (secondary N) is 3. The van der Waals surface area contributed by atoms with E-state index in [1.807, 2.05) is 59.0 Å². The summed E-state index contributed by atoms with van der Waals surface area (Å²) >= 11 is 1.40. The molecular weight excluding hydrogens is 1190 g/mol. The maximum atomic E-state index is 14.0. The number of carboxylic acid groups (broad SMARTS) is 2. The average Bonchev–Trinajstić information content (AvgIpc) is 0.698. The van der Waals surface area contributed by atoms with Gasteiger partial charge in [-0.05, 0) is 165 Å². The van der Waals surface area contributed by atoms with Crippen molar-refractivity contribution in [2.24, 2.45) is 27.9 Å². The number of aryl methyl sites for hydroxylation is 1. The number of hydrogen-bond acceptors (Lipinski definition) is 16. The van der Waals surface area contributed by atoms with E-state index in [1.165, 1.54) is 23.2 Å². The number of nitrogens with zero attached hydrogens (tertiary/aromatic N) is 6. The molecule has 4 fully saturated rings. The van der Waals surface area contributed by atoms with Crippen molar-refractivity contribution in [2.45, 2.75) is 150 Å². The predicted octanol–water partition coefficient (Wildman–Crippen LogP) is 9.26. The highest BCUT2D eigenvalue weighted by molar-refractivity contribution is 7.85. The Hall–Kier alpha value is -7.84. The number of fused-ring (bicyclic) bond motifs is 2. The topological polar surface area (TPSA) is 328 Å². The molecule has 3 aromatic heterocycles. The normalized spacial score (nSPS) is 21.6. The molecule has 8 N–H and O–H groups in total. The Morgan fingerprint density at radius 3 is 2.31 bits per heavy atom. The van der Waals surface area contributed by atoms with Crippen LogP contribution >= 0.6 is 11.3 Å². The lowest BCUT2D eigenvalue weighted by atomic mass is 9.39. The monoisotopic (exact) mass is 1270 g/mol. The molecular formula is C65H80N10O13S2. The molecule has 1 aliphatic heterocycles. The Kier molecular flexibility index (Phi) is 18.9. The summed E-state index contributed by atoms with van der Waals surface area (Å²) in [4.78, 5) is 90.6. The number of aliphatic carboxylic acids is 1. The van der Waals surface area contributed by atoms with E-state index >= 15 is 0 Å². The van der Waals surface area contributed by atoms with E-state index < -0.39 is 63.4 Å². The van der Waals surface area contributed by atoms with Gasteiger partial charge in [0.05, 0.1) is 40.4 Å². The lowest BCUT2D eigenvalue weighted by Gasteiger charge is -2.69. The number of hydrogen-bond donors (Lipinski definition) is 7. The smallest absolute Gasteiger partial charge is 0.410 e. The van der Waals surface area contributed by atoms with Crippen LogP contribution in [0.1, 0.15) is 141 Å². The minimum Gasteiger partial charge on any atom is -0.481 e. The van der Waals surface area contributed by atoms with E-state index in [2.05, 4.69) is 34.8 Å². The second kappa shape index (κ2) is 26.2. The molecule has 0 spiro atoms. The van der Waals surface area contributed by atoms with Gasteiger partial charge >= 0.3 is 18.0 Å². The van der Waals surface area contributed by atoms with Crippen LogP contribution in [0, 0.1) is 29.1 Å². The van der Waals surface area contributed by atoms with E-state index in [9.17, 15) is 52.0 Å². The van der Waals surface area contributed by atoms with Gasteiger partial charge < -0.3 is 45.9 Å². The number of nitrogens with two attached hydrogens (primary N) is 1. The predicted molar refractivity (Wildman–Crippen MR) is 340 cm³/mol. The number of amides is 4. The van der Waals surface area contributed by atoms with Gasteiger partial charge in [-0.2, -0.15) is 13.5 Å². The van der Waals surface area contributed by atoms with Crippen LogP contribution < -0.4 is 26.6 Å². The fourth-order valence-corrected chi connectivity index (χ4v) is 16.5. The Morgan fingerprint density at radius 2 is 1.60 bits per heavy atom. The van der Waals surface area contributed by atoms with Gasteiger partial charge in [0.15, 0.2) is 10.8 Å². The Balaban J connectivity index is 0.810. The van der Waals surface area contributed by atoms with E-state index in [-0.39, 0.29) is 66.5 Å². The van der Waals surface area contributed by atoms with Gasteiger partial charge in [0.1, 0.15) is 18.5 Å². The van der Waals surface area contributed by atoms with E-state index in [4.69, 9.17) is 25.3 Å². The van der Waals surface area contributed by atoms with Crippen LogP contribution in [0.2, 0.25) is 0 Å². The summed E-state index contributed by atoms with van der Waals surface area (Å²) in [5, 5.41) is 33.9. The molecule has 6 aromatic rings. The van der Waals surface area contributed by atoms with Crippen molar-refractivity contribution in [3.05, 3.63) is 118 Å². The zero-order valence-corrected chi connectivity index (χ0v) is 53.3. The molecule has 480 valence electrons. The zero-order valence-electron chi connectivity index (χ0n) is 51.7. The quantitative estimate of drug-likeness (QED) is 0.0196. The second-order valence-corrected chi connectivity index (χ2v) is 28.9. The molecule has 90 heavy (non-hydrogen) atoms. The molecule has 4 atom stereocenters. The number of aromatic nitrogens is 4. The third-order valence-electron chi connectivity index (χ3n) is 18.3. The van der Waals surface area contributed by atoms with Crippen molar-refractivity contribution in [1.29, 1.82) is 0 Å². The summed E-state index contributed by atoms with van der Waals surface area (Å²) in [6.07, 6.45) is 7.63. The Labute approximate surface area is 527 Å². The first-order valence-electron chi connectivity index (χ1n) is 30.6. The van der Waals surface area contributed by atoms with Crippen LogP contribution in [0.5, 0.6) is 0 Å². The van der Waals surface area contributed by atoms with E-state index in [0.717, 1.165) is 59.1 Å². The number of unbranched alkanes of at least 4 members (excludes halogenated alkanes) is 1. The number of pyridine rings is 1. The highest BCUT2D eigenvalue weighted by Crippen LogP contribution is 2.72. The fourth-order valence-electron chi connectivity index (χ4n) is 15.1. The Morgan fingerprint density at radius 1 is 0.844 bits per heavy atom. The van der Waals surface area contributed by atoms with E-state index in [1.54, 1.807) is 50.4 Å². The molecule has 4 aliphatic carbocycles. The molecule has 2 unspecified atom stereocenters. The number of benzene rings is 3. The van der Waals surface area contributed by atoms with Crippen LogP contribution in [0.3, 0.4) is 0 Å². The van der Waals surface area contributed by atoms with Crippen LogP contribution in [-0.2, 0) is 66.5 Å². The molecule has 4 heterocycles. The van der Waals surface area contributed by atoms with Crippen molar-refractivity contribution < 1.29 is 61.4 Å². The van der Waals surface area contributed by atoms with Crippen molar-refractivity contribution in [3.8, 4) is 11.1 Å². The number of carboxylic acids is 2. The zero-order chi connectivity index (χ0) is 64.5. The number of para-hydroxylation sites is 1. The summed E-state index contributed by atoms with van der Waals surface area (Å²) in [7, 11) is -4.51. The number of aromatic carboxylic acids is 1. The summed E-state index contributed by atoms with van der Waals surface area (Å²) in [6.45, 7) is 12.4. The van der Waals surface area contributed by atoms with Gasteiger partial charge in [-0.3, -0.25) is 33.7 Å². The molecule has 4 bridgehead atoms. The first kappa shape index (κ1) is 65.1. The molecule has 23 nitrogen and oxygen atoms in total. The molecule has 4 amide bonds. The van der Waals surface area contributed by atoms with Gasteiger partial charge in [-0.15, -0.1) is 0 Å². The van der Waals surface area contributed by atoms with Gasteiger partial charge in [0, 0.05) is 67.2 Å². The van der Waals surface area contributed by atoms with Crippen LogP contribution in [0.25, 0.3) is 21.3 Å². The molecule has 0 saturated heterocycles. The van der Waals surface area contributed by atoms with Gasteiger partial charge in [-0.25, -0.2) is 19.6 Å². The SMILES string of the molecule is Cc1c(-c2ccc(N3CCc4cccc(C(=O)Nc5nc6ccccc6s5)c4C3)nc2C(=O)O)cnn1CC12CC3(C)CC(C)(C1)CC(OCCN(CCS(=O)(=O)O)C(=O)OCc1ccc(NC(=O)[C@H](C)NC(=O)[C@@H](N)C(C)C)cc1CCCCC(=O)O)(C3)C2. The second-order valence-electron chi connectivity index (χ2n) is 26.3. The highest BCUT2D eigenvalue weighted by atomic mass is 32.2. The molecule has 0 radical (unpaired) electrons. The first-order chi connectivity index (χ1) is 42.6. The molecule has 11 rings (SSSR count). The van der Waals surface area contributed by atoms with Gasteiger partial charge in [-0.1, -0.05) is 69.4 Å². The van der Waals surface area contributed by atoms with Gasteiger partial charge in [0.2, 0.25) is 11.8 Å². The lowest BCUT2D eigenvalue weighted by molar-refractivity contribution is -0.248. The lowest BCUT2D eigenvalue weighted by Crippen LogP contribution is -2.64. The number of thiazole rings is 1. The first-order valence-corrected chi connectivity index (χ1v) is 33.0. The van der Waals surface area contributed by atoms with Crippen molar-refractivity contribution in [1.82, 2.24) is 30.0 Å². The van der Waals surface area contributed by atoms with Crippen LogP contribution in [0.15, 0.2) is 79.0 Å². The summed E-state index contributed by atoms with van der Waals surface area (Å²) < 4.78 is 49.8. The summed E-state index contributed by atoms with van der Waals surface area (Å²) in [5.41, 5.74) is 11.4. The molecule has 5 aliphatic rings. The number of carbonyl (C=O) groups is 6. The molecule has 3 aromatic carbocycles. The maximum Gasteiger partial charge on any atom is 0.410 e. The highest BCUT2D eigenvalue weighted by Gasteiger charge is 2.66. The summed E-state index contributed by atoms with van der Waals surface area (Å²) in [5.74, 6) is -3.81. The Bertz CT molecular complexity index is 3820. The number of ether oxygens (including phenoxy) is 2. The standard InChI is InChI=1S/C65H80N10O13S2/c1-39(2)54(66)58(80)68-40(3)56(78)69-45-19-18-44(43(28-45)12-7-10-17-53(76)77)31-87-61(83)73(25-27-90(84,85)86)24-26-88-65-35-62(5)32-63(6,36-65)34-64(33-62,37-65)38-75-41(4)48(29-67-75)46-20-21-52(71-55(46)59(81)82)74-23-22-42-13-11-14-47(49(42)30-74)57(79)72-60-70-50-15-8-9-16-51(50)89-60/h8-9,11,13-16,18-21,28-29,39-40,54H,7,10,12,17,22-27,30-38,66H2,1-6H3,(H,68,80)(H,69,78)(H,76,77)(H,81,82)(H,70,72,79)(H,84,85,86)/t40-,54-,62?,63?,64?,65?/m0/s1. The van der Waals surface area contributed by atoms with Crippen LogP contribution in [0.4, 0.5) is 21.4 Å².